The number of carbonyl (C=O) groups is 2. The number of carboxylic acids is 1. The fraction of sp³-hybridized carbons (Fsp3) is 0.467. The van der Waals surface area contributed by atoms with Crippen LogP contribution >= 0.6 is 0 Å². The Morgan fingerprint density at radius 3 is 2.19 bits per heavy atom. The molecule has 0 unspecified atom stereocenters. The predicted molar refractivity (Wildman–Crippen MR) is 80.6 cm³/mol. The minimum Gasteiger partial charge on any atom is -0.508 e. The number of phenolic OH excluding ortho intramolecular Hbond substituents is 1. The molecule has 0 aromatic heterocycles. The molecule has 2 amide bonds. The molecule has 6 heteroatoms. The number of anilines is 1. The molecule has 2 N–H and O–H groups in total. The molecule has 21 heavy (non-hydrogen) atoms. The predicted octanol–water partition coefficient (Wildman–Crippen LogP) is 2.52. The maximum absolute atomic E-state index is 12.6. The molecule has 1 aromatic rings. The fourth-order valence-electron chi connectivity index (χ4n) is 2.01. The van der Waals surface area contributed by atoms with Crippen molar-refractivity contribution in [1.82, 2.24) is 4.90 Å². The topological polar surface area (TPSA) is 81.1 Å². The van der Waals surface area contributed by atoms with E-state index in [-0.39, 0.29) is 17.8 Å². The molecule has 0 aliphatic carbocycles. The first-order valence-electron chi connectivity index (χ1n) is 6.95. The van der Waals surface area contributed by atoms with Crippen LogP contribution in [0.25, 0.3) is 0 Å². The summed E-state index contributed by atoms with van der Waals surface area (Å²) in [7, 11) is 0. The number of amides is 2. The van der Waals surface area contributed by atoms with Gasteiger partial charge in [0.2, 0.25) is 0 Å². The highest BCUT2D eigenvalue weighted by atomic mass is 16.4. The Balaban J connectivity index is 3.08. The van der Waals surface area contributed by atoms with Crippen molar-refractivity contribution in [3.8, 4) is 5.75 Å². The van der Waals surface area contributed by atoms with Gasteiger partial charge in [-0.05, 0) is 44.5 Å². The smallest absolute Gasteiger partial charge is 0.325 e. The zero-order valence-electron chi connectivity index (χ0n) is 12.6. The van der Waals surface area contributed by atoms with E-state index in [4.69, 9.17) is 5.11 Å². The molecule has 116 valence electrons. The lowest BCUT2D eigenvalue weighted by molar-refractivity contribution is -0.135. The minimum absolute atomic E-state index is 0.0224. The van der Waals surface area contributed by atoms with Crippen molar-refractivity contribution in [2.75, 3.05) is 18.0 Å². The highest BCUT2D eigenvalue weighted by Gasteiger charge is 2.25. The van der Waals surface area contributed by atoms with E-state index in [1.54, 1.807) is 4.90 Å². The van der Waals surface area contributed by atoms with Crippen LogP contribution in [0, 0.1) is 0 Å². The zero-order valence-corrected chi connectivity index (χ0v) is 12.6. The normalized spacial score (nSPS) is 10.5. The molecule has 0 atom stereocenters. The SMILES string of the molecule is CCCN(C(=O)N(CC(=O)O)c1ccc(O)cc1)C(C)C. The maximum atomic E-state index is 12.6. The van der Waals surface area contributed by atoms with Crippen LogP contribution in [0.3, 0.4) is 0 Å². The third-order valence-electron chi connectivity index (χ3n) is 3.02. The largest absolute Gasteiger partial charge is 0.508 e. The van der Waals surface area contributed by atoms with Crippen LogP contribution in [0.4, 0.5) is 10.5 Å². The second-order valence-electron chi connectivity index (χ2n) is 5.07. The molecule has 0 spiro atoms. The lowest BCUT2D eigenvalue weighted by Gasteiger charge is -2.32. The van der Waals surface area contributed by atoms with Gasteiger partial charge in [0.05, 0.1) is 0 Å². The standard InChI is InChI=1S/C15H22N2O4/c1-4-9-16(11(2)3)15(21)17(10-14(19)20)12-5-7-13(18)8-6-12/h5-8,11,18H,4,9-10H2,1-3H3,(H,19,20). The van der Waals surface area contributed by atoms with Crippen LogP contribution in [0.2, 0.25) is 0 Å². The Hall–Kier alpha value is -2.24. The second-order valence-corrected chi connectivity index (χ2v) is 5.07. The Morgan fingerprint density at radius 2 is 1.76 bits per heavy atom. The van der Waals surface area contributed by atoms with E-state index in [9.17, 15) is 14.7 Å². The zero-order chi connectivity index (χ0) is 16.0. The van der Waals surface area contributed by atoms with E-state index < -0.39 is 12.5 Å². The summed E-state index contributed by atoms with van der Waals surface area (Å²) in [6.45, 7) is 5.89. The van der Waals surface area contributed by atoms with Gasteiger partial charge in [0.15, 0.2) is 0 Å². The van der Waals surface area contributed by atoms with Gasteiger partial charge in [-0.2, -0.15) is 0 Å². The lowest BCUT2D eigenvalue weighted by Crippen LogP contribution is -2.48. The fourth-order valence-corrected chi connectivity index (χ4v) is 2.01. The summed E-state index contributed by atoms with van der Waals surface area (Å²) in [5.41, 5.74) is 0.446. The van der Waals surface area contributed by atoms with Gasteiger partial charge in [-0.15, -0.1) is 0 Å². The number of carbonyl (C=O) groups excluding carboxylic acids is 1. The number of hydrogen-bond donors (Lipinski definition) is 2. The van der Waals surface area contributed by atoms with E-state index in [0.717, 1.165) is 6.42 Å². The minimum atomic E-state index is -1.09. The second kappa shape index (κ2) is 7.52. The van der Waals surface area contributed by atoms with Gasteiger partial charge in [0, 0.05) is 18.3 Å². The van der Waals surface area contributed by atoms with Crippen molar-refractivity contribution in [2.24, 2.45) is 0 Å². The summed E-state index contributed by atoms with van der Waals surface area (Å²) >= 11 is 0. The molecule has 1 aromatic carbocycles. The van der Waals surface area contributed by atoms with Crippen molar-refractivity contribution >= 4 is 17.7 Å². The van der Waals surface area contributed by atoms with E-state index in [1.165, 1.54) is 29.2 Å². The molecule has 0 saturated carbocycles. The Labute approximate surface area is 124 Å². The van der Waals surface area contributed by atoms with Crippen LogP contribution in [-0.2, 0) is 4.79 Å². The molecular formula is C15H22N2O4. The van der Waals surface area contributed by atoms with Gasteiger partial charge >= 0.3 is 12.0 Å². The van der Waals surface area contributed by atoms with Gasteiger partial charge in [-0.25, -0.2) is 4.79 Å². The number of hydrogen-bond acceptors (Lipinski definition) is 3. The summed E-state index contributed by atoms with van der Waals surface area (Å²) in [5.74, 6) is -1.02. The summed E-state index contributed by atoms with van der Waals surface area (Å²) < 4.78 is 0. The van der Waals surface area contributed by atoms with Crippen molar-refractivity contribution in [3.05, 3.63) is 24.3 Å². The van der Waals surface area contributed by atoms with E-state index in [0.29, 0.717) is 12.2 Å². The molecule has 0 aliphatic heterocycles. The van der Waals surface area contributed by atoms with Crippen molar-refractivity contribution in [1.29, 1.82) is 0 Å². The quantitative estimate of drug-likeness (QED) is 0.844. The molecule has 0 saturated heterocycles. The Bertz CT molecular complexity index is 485. The average molecular weight is 294 g/mol. The third-order valence-corrected chi connectivity index (χ3v) is 3.02. The average Bonchev–Trinajstić information content (AvgIpc) is 2.42. The lowest BCUT2D eigenvalue weighted by atomic mass is 10.2. The van der Waals surface area contributed by atoms with Crippen LogP contribution < -0.4 is 4.90 Å². The van der Waals surface area contributed by atoms with E-state index in [2.05, 4.69) is 0 Å². The van der Waals surface area contributed by atoms with Gasteiger partial charge in [0.1, 0.15) is 12.3 Å². The molecular weight excluding hydrogens is 272 g/mol. The molecule has 0 fully saturated rings. The number of nitrogens with zero attached hydrogens (tertiary/aromatic N) is 2. The molecule has 0 radical (unpaired) electrons. The first kappa shape index (κ1) is 16.8. The van der Waals surface area contributed by atoms with Crippen LogP contribution in [-0.4, -0.2) is 46.2 Å². The number of aliphatic carboxylic acids is 1. The Kier molecular flexibility index (Phi) is 6.02. The molecule has 6 nitrogen and oxygen atoms in total. The van der Waals surface area contributed by atoms with Gasteiger partial charge in [-0.1, -0.05) is 6.92 Å². The number of benzene rings is 1. The van der Waals surface area contributed by atoms with Crippen molar-refractivity contribution in [2.45, 2.75) is 33.2 Å². The summed E-state index contributed by atoms with van der Waals surface area (Å²) in [6, 6.07) is 5.54. The first-order valence-corrected chi connectivity index (χ1v) is 6.95. The summed E-state index contributed by atoms with van der Waals surface area (Å²) in [4.78, 5) is 26.5. The number of urea groups is 1. The highest BCUT2D eigenvalue weighted by molar-refractivity contribution is 5.96. The monoisotopic (exact) mass is 294 g/mol. The van der Waals surface area contributed by atoms with Crippen LogP contribution in [0.15, 0.2) is 24.3 Å². The molecule has 0 bridgehead atoms. The van der Waals surface area contributed by atoms with Crippen LogP contribution in [0.1, 0.15) is 27.2 Å². The summed E-state index contributed by atoms with van der Waals surface area (Å²) in [6.07, 6.45) is 0.792. The van der Waals surface area contributed by atoms with Crippen LogP contribution in [0.5, 0.6) is 5.75 Å². The van der Waals surface area contributed by atoms with Gasteiger partial charge in [-0.3, -0.25) is 9.69 Å². The van der Waals surface area contributed by atoms with Gasteiger partial charge < -0.3 is 15.1 Å². The van der Waals surface area contributed by atoms with Crippen molar-refractivity contribution < 1.29 is 19.8 Å². The molecule has 0 aliphatic rings. The molecule has 0 heterocycles. The Morgan fingerprint density at radius 1 is 1.19 bits per heavy atom. The van der Waals surface area contributed by atoms with E-state index >= 15 is 0 Å². The maximum Gasteiger partial charge on any atom is 0.325 e. The van der Waals surface area contributed by atoms with E-state index in [1.807, 2.05) is 20.8 Å². The number of aromatic hydroxyl groups is 1. The summed E-state index contributed by atoms with van der Waals surface area (Å²) in [5, 5.41) is 18.3. The third kappa shape index (κ3) is 4.66. The van der Waals surface area contributed by atoms with Crippen molar-refractivity contribution in [3.63, 3.8) is 0 Å². The molecule has 1 rings (SSSR count). The number of rotatable bonds is 6. The van der Waals surface area contributed by atoms with Gasteiger partial charge in [0.25, 0.3) is 0 Å². The number of carboxylic acid groups (broad SMARTS) is 1. The number of phenols is 1. The highest BCUT2D eigenvalue weighted by Crippen LogP contribution is 2.20. The first-order chi connectivity index (χ1) is 9.86.